The highest BCUT2D eigenvalue weighted by Gasteiger charge is 2.06. The Morgan fingerprint density at radius 1 is 1.43 bits per heavy atom. The Bertz CT molecular complexity index is 255. The van der Waals surface area contributed by atoms with Gasteiger partial charge in [-0.2, -0.15) is 5.10 Å². The fraction of sp³-hybridized carbons (Fsp3) is 0.727. The minimum absolute atomic E-state index is 0.592. The van der Waals surface area contributed by atoms with Gasteiger partial charge in [0.15, 0.2) is 0 Å². The summed E-state index contributed by atoms with van der Waals surface area (Å²) in [6.07, 6.45) is 6.37. The smallest absolute Gasteiger partial charge is 0.0522 e. The number of aryl methyl sites for hydroxylation is 1. The van der Waals surface area contributed by atoms with E-state index in [0.29, 0.717) is 6.04 Å². The van der Waals surface area contributed by atoms with Gasteiger partial charge in [-0.15, -0.1) is 0 Å². The van der Waals surface area contributed by atoms with Crippen molar-refractivity contribution in [1.29, 1.82) is 0 Å². The van der Waals surface area contributed by atoms with Crippen LogP contribution in [0.25, 0.3) is 0 Å². The zero-order chi connectivity index (χ0) is 10.4. The summed E-state index contributed by atoms with van der Waals surface area (Å²) >= 11 is 0. The molecule has 0 aromatic carbocycles. The van der Waals surface area contributed by atoms with Gasteiger partial charge in [0, 0.05) is 18.8 Å². The minimum Gasteiger partial charge on any atom is -0.314 e. The van der Waals surface area contributed by atoms with Crippen molar-refractivity contribution in [1.82, 2.24) is 15.1 Å². The van der Waals surface area contributed by atoms with Crippen LogP contribution in [0.2, 0.25) is 0 Å². The second-order valence-electron chi connectivity index (χ2n) is 3.57. The molecular formula is C11H21N3. The Hall–Kier alpha value is -0.830. The molecule has 0 radical (unpaired) electrons. The molecule has 14 heavy (non-hydrogen) atoms. The lowest BCUT2D eigenvalue weighted by Gasteiger charge is -2.13. The van der Waals surface area contributed by atoms with Crippen LogP contribution in [0.4, 0.5) is 0 Å². The lowest BCUT2D eigenvalue weighted by atomic mass is 10.1. The van der Waals surface area contributed by atoms with Crippen LogP contribution in [0.1, 0.15) is 32.8 Å². The molecule has 1 atom stereocenters. The third-order valence-corrected chi connectivity index (χ3v) is 2.48. The van der Waals surface area contributed by atoms with E-state index >= 15 is 0 Å². The molecule has 0 saturated heterocycles. The average Bonchev–Trinajstić information content (AvgIpc) is 2.65. The first-order chi connectivity index (χ1) is 6.80. The first-order valence-electron chi connectivity index (χ1n) is 5.54. The van der Waals surface area contributed by atoms with E-state index in [-0.39, 0.29) is 0 Å². The molecule has 1 N–H and O–H groups in total. The first kappa shape index (κ1) is 11.2. The molecule has 0 aliphatic heterocycles. The minimum atomic E-state index is 0.592. The van der Waals surface area contributed by atoms with Crippen LogP contribution in [0.5, 0.6) is 0 Å². The van der Waals surface area contributed by atoms with Crippen LogP contribution in [-0.4, -0.2) is 22.4 Å². The Kier molecular flexibility index (Phi) is 4.66. The Morgan fingerprint density at radius 2 is 2.21 bits per heavy atom. The van der Waals surface area contributed by atoms with Gasteiger partial charge in [0.25, 0.3) is 0 Å². The maximum atomic E-state index is 4.27. The molecule has 0 fully saturated rings. The molecule has 0 spiro atoms. The second kappa shape index (κ2) is 5.81. The van der Waals surface area contributed by atoms with Crippen molar-refractivity contribution in [3.63, 3.8) is 0 Å². The quantitative estimate of drug-likeness (QED) is 0.750. The summed E-state index contributed by atoms with van der Waals surface area (Å²) in [7, 11) is 0. The summed E-state index contributed by atoms with van der Waals surface area (Å²) in [5, 5.41) is 7.74. The van der Waals surface area contributed by atoms with Gasteiger partial charge in [-0.1, -0.05) is 13.8 Å². The molecule has 80 valence electrons. The molecule has 0 aliphatic rings. The molecule has 0 bridgehead atoms. The number of likely N-dealkylation sites (N-methyl/N-ethyl adjacent to an activating group) is 1. The molecular weight excluding hydrogens is 174 g/mol. The lowest BCUT2D eigenvalue weighted by molar-refractivity contribution is 0.510. The molecule has 1 rings (SSSR count). The van der Waals surface area contributed by atoms with Gasteiger partial charge in [0.2, 0.25) is 0 Å². The van der Waals surface area contributed by atoms with Crippen molar-refractivity contribution in [2.75, 3.05) is 6.54 Å². The Labute approximate surface area is 86.5 Å². The topological polar surface area (TPSA) is 29.9 Å². The number of rotatable bonds is 6. The van der Waals surface area contributed by atoms with Crippen molar-refractivity contribution in [3.8, 4) is 0 Å². The second-order valence-corrected chi connectivity index (χ2v) is 3.57. The fourth-order valence-corrected chi connectivity index (χ4v) is 1.62. The summed E-state index contributed by atoms with van der Waals surface area (Å²) in [5.41, 5.74) is 1.33. The molecule has 3 nitrogen and oxygen atoms in total. The van der Waals surface area contributed by atoms with E-state index in [9.17, 15) is 0 Å². The number of aromatic nitrogens is 2. The van der Waals surface area contributed by atoms with E-state index < -0.39 is 0 Å². The number of hydrogen-bond donors (Lipinski definition) is 1. The van der Waals surface area contributed by atoms with Gasteiger partial charge >= 0.3 is 0 Å². The summed E-state index contributed by atoms with van der Waals surface area (Å²) in [4.78, 5) is 0. The monoisotopic (exact) mass is 195 g/mol. The standard InChI is InChI=1S/C11H21N3/c1-4-11(12-5-2)7-10-8-13-14(6-3)9-10/h8-9,11-12H,4-7H2,1-3H3. The summed E-state index contributed by atoms with van der Waals surface area (Å²) in [6.45, 7) is 8.48. The van der Waals surface area contributed by atoms with Gasteiger partial charge in [0.05, 0.1) is 6.20 Å². The van der Waals surface area contributed by atoms with Crippen LogP contribution in [0.3, 0.4) is 0 Å². The molecule has 1 heterocycles. The van der Waals surface area contributed by atoms with Crippen LogP contribution in [0, 0.1) is 0 Å². The molecule has 1 aromatic heterocycles. The van der Waals surface area contributed by atoms with Crippen molar-refractivity contribution in [2.45, 2.75) is 46.2 Å². The van der Waals surface area contributed by atoms with E-state index in [1.165, 1.54) is 12.0 Å². The van der Waals surface area contributed by atoms with Crippen LogP contribution in [-0.2, 0) is 13.0 Å². The summed E-state index contributed by atoms with van der Waals surface area (Å²) in [5.74, 6) is 0. The van der Waals surface area contributed by atoms with Crippen molar-refractivity contribution >= 4 is 0 Å². The van der Waals surface area contributed by atoms with Crippen LogP contribution in [0.15, 0.2) is 12.4 Å². The third kappa shape index (κ3) is 3.14. The highest BCUT2D eigenvalue weighted by molar-refractivity contribution is 5.06. The van der Waals surface area contributed by atoms with E-state index in [4.69, 9.17) is 0 Å². The van der Waals surface area contributed by atoms with Crippen molar-refractivity contribution in [3.05, 3.63) is 18.0 Å². The van der Waals surface area contributed by atoms with E-state index in [1.807, 2.05) is 10.9 Å². The molecule has 1 aromatic rings. The fourth-order valence-electron chi connectivity index (χ4n) is 1.62. The van der Waals surface area contributed by atoms with Gasteiger partial charge in [-0.3, -0.25) is 4.68 Å². The highest BCUT2D eigenvalue weighted by atomic mass is 15.3. The molecule has 3 heteroatoms. The predicted molar refractivity (Wildman–Crippen MR) is 59.4 cm³/mol. The Balaban J connectivity index is 2.48. The maximum Gasteiger partial charge on any atom is 0.0522 e. The van der Waals surface area contributed by atoms with Gasteiger partial charge in [0.1, 0.15) is 0 Å². The van der Waals surface area contributed by atoms with Crippen molar-refractivity contribution < 1.29 is 0 Å². The molecule has 1 unspecified atom stereocenters. The summed E-state index contributed by atoms with van der Waals surface area (Å²) < 4.78 is 1.98. The average molecular weight is 195 g/mol. The zero-order valence-corrected chi connectivity index (χ0v) is 9.45. The predicted octanol–water partition coefficient (Wildman–Crippen LogP) is 1.83. The van der Waals surface area contributed by atoms with Crippen LogP contribution >= 0.6 is 0 Å². The first-order valence-corrected chi connectivity index (χ1v) is 5.54. The normalized spacial score (nSPS) is 13.1. The van der Waals surface area contributed by atoms with Crippen LogP contribution < -0.4 is 5.32 Å². The number of nitrogens with one attached hydrogen (secondary N) is 1. The zero-order valence-electron chi connectivity index (χ0n) is 9.45. The van der Waals surface area contributed by atoms with Gasteiger partial charge in [-0.25, -0.2) is 0 Å². The van der Waals surface area contributed by atoms with E-state index in [2.05, 4.69) is 37.4 Å². The van der Waals surface area contributed by atoms with Gasteiger partial charge in [-0.05, 0) is 31.9 Å². The van der Waals surface area contributed by atoms with Crippen molar-refractivity contribution in [2.24, 2.45) is 0 Å². The molecule has 0 aliphatic carbocycles. The molecule has 0 saturated carbocycles. The number of nitrogens with zero attached hydrogens (tertiary/aromatic N) is 2. The highest BCUT2D eigenvalue weighted by Crippen LogP contribution is 2.04. The van der Waals surface area contributed by atoms with E-state index in [1.54, 1.807) is 0 Å². The lowest BCUT2D eigenvalue weighted by Crippen LogP contribution is -2.29. The van der Waals surface area contributed by atoms with E-state index in [0.717, 1.165) is 19.5 Å². The Morgan fingerprint density at radius 3 is 2.71 bits per heavy atom. The SMILES string of the molecule is CCNC(CC)Cc1cnn(CC)c1. The number of hydrogen-bond acceptors (Lipinski definition) is 2. The van der Waals surface area contributed by atoms with Gasteiger partial charge < -0.3 is 5.32 Å². The largest absolute Gasteiger partial charge is 0.314 e. The maximum absolute atomic E-state index is 4.27. The third-order valence-electron chi connectivity index (χ3n) is 2.48. The molecule has 0 amide bonds. The summed E-state index contributed by atoms with van der Waals surface area (Å²) in [6, 6.07) is 0.592.